The van der Waals surface area contributed by atoms with E-state index in [-0.39, 0.29) is 6.04 Å². The molecule has 1 aliphatic heterocycles. The van der Waals surface area contributed by atoms with Crippen LogP contribution in [0.3, 0.4) is 0 Å². The Kier molecular flexibility index (Phi) is 4.20. The van der Waals surface area contributed by atoms with E-state index >= 15 is 0 Å². The number of fused-ring (bicyclic) bond motifs is 1. The van der Waals surface area contributed by atoms with Gasteiger partial charge in [0.2, 0.25) is 0 Å². The molecule has 0 saturated carbocycles. The van der Waals surface area contributed by atoms with Crippen LogP contribution in [0.2, 0.25) is 0 Å². The number of hydrogen-bond acceptors (Lipinski definition) is 3. The number of furan rings is 1. The van der Waals surface area contributed by atoms with E-state index in [1.54, 1.807) is 0 Å². The van der Waals surface area contributed by atoms with Gasteiger partial charge in [0.15, 0.2) is 0 Å². The SMILES string of the molecule is CC(NC1CCSCC1)c1cc2cc(Br)ccc2o1. The lowest BCUT2D eigenvalue weighted by Crippen LogP contribution is -2.34. The summed E-state index contributed by atoms with van der Waals surface area (Å²) >= 11 is 5.56. The Hall–Kier alpha value is -0.450. The zero-order valence-corrected chi connectivity index (χ0v) is 13.4. The summed E-state index contributed by atoms with van der Waals surface area (Å²) in [6.45, 7) is 2.19. The molecule has 0 amide bonds. The summed E-state index contributed by atoms with van der Waals surface area (Å²) in [6, 6.07) is 9.20. The molecular formula is C15H18BrNOS. The van der Waals surface area contributed by atoms with Crippen LogP contribution < -0.4 is 5.32 Å². The highest BCUT2D eigenvalue weighted by Gasteiger charge is 2.18. The van der Waals surface area contributed by atoms with Crippen molar-refractivity contribution >= 4 is 38.7 Å². The molecule has 0 spiro atoms. The summed E-state index contributed by atoms with van der Waals surface area (Å²) < 4.78 is 7.03. The van der Waals surface area contributed by atoms with Gasteiger partial charge in [-0.05, 0) is 55.5 Å². The van der Waals surface area contributed by atoms with Crippen molar-refractivity contribution < 1.29 is 4.42 Å². The molecule has 0 aliphatic carbocycles. The molecule has 4 heteroatoms. The van der Waals surface area contributed by atoms with E-state index in [1.165, 1.54) is 24.3 Å². The molecule has 102 valence electrons. The fourth-order valence-corrected chi connectivity index (χ4v) is 4.03. The van der Waals surface area contributed by atoms with Crippen LogP contribution in [0.1, 0.15) is 31.6 Å². The monoisotopic (exact) mass is 339 g/mol. The van der Waals surface area contributed by atoms with Crippen molar-refractivity contribution in [3.63, 3.8) is 0 Å². The number of thioether (sulfide) groups is 1. The molecular weight excluding hydrogens is 322 g/mol. The second-order valence-corrected chi connectivity index (χ2v) is 7.25. The molecule has 1 aromatic carbocycles. The minimum absolute atomic E-state index is 0.277. The number of rotatable bonds is 3. The molecule has 1 aliphatic rings. The van der Waals surface area contributed by atoms with Gasteiger partial charge in [0.1, 0.15) is 11.3 Å². The zero-order valence-electron chi connectivity index (χ0n) is 11.0. The lowest BCUT2D eigenvalue weighted by molar-refractivity contribution is 0.384. The first-order chi connectivity index (χ1) is 9.22. The minimum Gasteiger partial charge on any atom is -0.459 e. The Balaban J connectivity index is 1.75. The van der Waals surface area contributed by atoms with E-state index < -0.39 is 0 Å². The van der Waals surface area contributed by atoms with E-state index in [0.717, 1.165) is 21.2 Å². The summed E-state index contributed by atoms with van der Waals surface area (Å²) in [7, 11) is 0. The zero-order chi connectivity index (χ0) is 13.2. The van der Waals surface area contributed by atoms with Crippen molar-refractivity contribution in [3.8, 4) is 0 Å². The van der Waals surface area contributed by atoms with Crippen LogP contribution in [0.15, 0.2) is 33.2 Å². The van der Waals surface area contributed by atoms with Gasteiger partial charge in [0.05, 0.1) is 6.04 Å². The predicted octanol–water partition coefficient (Wildman–Crippen LogP) is 4.74. The van der Waals surface area contributed by atoms with Crippen molar-refractivity contribution in [1.29, 1.82) is 0 Å². The van der Waals surface area contributed by atoms with E-state index in [0.29, 0.717) is 6.04 Å². The second kappa shape index (κ2) is 5.90. The van der Waals surface area contributed by atoms with Gasteiger partial charge >= 0.3 is 0 Å². The Bertz CT molecular complexity index is 562. The normalized spacial score (nSPS) is 18.8. The molecule has 2 aromatic rings. The average Bonchev–Trinajstić information content (AvgIpc) is 2.83. The van der Waals surface area contributed by atoms with E-state index in [4.69, 9.17) is 4.42 Å². The maximum absolute atomic E-state index is 5.94. The van der Waals surface area contributed by atoms with Crippen molar-refractivity contribution in [2.24, 2.45) is 0 Å². The number of hydrogen-bond donors (Lipinski definition) is 1. The van der Waals surface area contributed by atoms with Crippen molar-refractivity contribution in [2.75, 3.05) is 11.5 Å². The van der Waals surface area contributed by atoms with Crippen molar-refractivity contribution in [1.82, 2.24) is 5.32 Å². The van der Waals surface area contributed by atoms with Gasteiger partial charge < -0.3 is 9.73 Å². The lowest BCUT2D eigenvalue weighted by atomic mass is 10.1. The van der Waals surface area contributed by atoms with Gasteiger partial charge in [0, 0.05) is 15.9 Å². The van der Waals surface area contributed by atoms with Gasteiger partial charge in [-0.1, -0.05) is 15.9 Å². The third-order valence-electron chi connectivity index (χ3n) is 3.63. The smallest absolute Gasteiger partial charge is 0.134 e. The Morgan fingerprint density at radius 3 is 2.89 bits per heavy atom. The van der Waals surface area contributed by atoms with Crippen LogP contribution in [0, 0.1) is 0 Å². The largest absolute Gasteiger partial charge is 0.459 e. The molecule has 2 nitrogen and oxygen atoms in total. The third kappa shape index (κ3) is 3.18. The van der Waals surface area contributed by atoms with Crippen molar-refractivity contribution in [2.45, 2.75) is 31.8 Å². The first kappa shape index (κ1) is 13.5. The number of halogens is 1. The molecule has 1 fully saturated rings. The van der Waals surface area contributed by atoms with Gasteiger partial charge in [-0.25, -0.2) is 0 Å². The highest BCUT2D eigenvalue weighted by Crippen LogP contribution is 2.27. The van der Waals surface area contributed by atoms with Crippen molar-refractivity contribution in [3.05, 3.63) is 34.5 Å². The van der Waals surface area contributed by atoms with Gasteiger partial charge in [-0.2, -0.15) is 11.8 Å². The van der Waals surface area contributed by atoms with Crippen LogP contribution in [0.4, 0.5) is 0 Å². The van der Waals surface area contributed by atoms with Crippen LogP contribution in [-0.4, -0.2) is 17.5 Å². The Morgan fingerprint density at radius 1 is 1.32 bits per heavy atom. The molecule has 3 rings (SSSR count). The summed E-state index contributed by atoms with van der Waals surface area (Å²) in [6.07, 6.45) is 2.53. The Morgan fingerprint density at radius 2 is 2.11 bits per heavy atom. The first-order valence-corrected chi connectivity index (χ1v) is 8.70. The number of benzene rings is 1. The quantitative estimate of drug-likeness (QED) is 0.874. The van der Waals surface area contributed by atoms with Crippen LogP contribution in [-0.2, 0) is 0 Å². The third-order valence-corrected chi connectivity index (χ3v) is 5.17. The molecule has 2 heterocycles. The van der Waals surface area contributed by atoms with Gasteiger partial charge in [-0.3, -0.25) is 0 Å². The maximum Gasteiger partial charge on any atom is 0.134 e. The highest BCUT2D eigenvalue weighted by atomic mass is 79.9. The summed E-state index contributed by atoms with van der Waals surface area (Å²) in [5.41, 5.74) is 0.964. The highest BCUT2D eigenvalue weighted by molar-refractivity contribution is 9.10. The van der Waals surface area contributed by atoms with E-state index in [9.17, 15) is 0 Å². The second-order valence-electron chi connectivity index (χ2n) is 5.11. The predicted molar refractivity (Wildman–Crippen MR) is 85.8 cm³/mol. The fourth-order valence-electron chi connectivity index (χ4n) is 2.55. The Labute approximate surface area is 126 Å². The molecule has 1 aromatic heterocycles. The fraction of sp³-hybridized carbons (Fsp3) is 0.467. The lowest BCUT2D eigenvalue weighted by Gasteiger charge is -2.25. The van der Waals surface area contributed by atoms with Crippen LogP contribution in [0.25, 0.3) is 11.0 Å². The van der Waals surface area contributed by atoms with E-state index in [1.807, 2.05) is 12.1 Å². The standard InChI is InChI=1S/C15H18BrNOS/c1-10(17-13-4-6-19-7-5-13)15-9-11-8-12(16)2-3-14(11)18-15/h2-3,8-10,13,17H,4-7H2,1H3. The first-order valence-electron chi connectivity index (χ1n) is 6.75. The average molecular weight is 340 g/mol. The topological polar surface area (TPSA) is 25.2 Å². The molecule has 1 atom stereocenters. The van der Waals surface area contributed by atoms with E-state index in [2.05, 4.69) is 52.1 Å². The van der Waals surface area contributed by atoms with Crippen LogP contribution >= 0.6 is 27.7 Å². The molecule has 0 radical (unpaired) electrons. The molecule has 0 bridgehead atoms. The summed E-state index contributed by atoms with van der Waals surface area (Å²) in [5.74, 6) is 3.58. The van der Waals surface area contributed by atoms with Crippen LogP contribution in [0.5, 0.6) is 0 Å². The summed E-state index contributed by atoms with van der Waals surface area (Å²) in [5, 5.41) is 4.86. The van der Waals surface area contributed by atoms with Gasteiger partial charge in [-0.15, -0.1) is 0 Å². The van der Waals surface area contributed by atoms with Gasteiger partial charge in [0.25, 0.3) is 0 Å². The molecule has 1 saturated heterocycles. The molecule has 19 heavy (non-hydrogen) atoms. The molecule has 1 N–H and O–H groups in total. The minimum atomic E-state index is 0.277. The molecule has 1 unspecified atom stereocenters. The maximum atomic E-state index is 5.94. The summed E-state index contributed by atoms with van der Waals surface area (Å²) in [4.78, 5) is 0. The number of nitrogens with one attached hydrogen (secondary N) is 1.